The van der Waals surface area contributed by atoms with Crippen molar-refractivity contribution in [3.8, 4) is 17.2 Å². The number of methoxy groups -OCH3 is 1. The van der Waals surface area contributed by atoms with Crippen LogP contribution in [0.2, 0.25) is 0 Å². The van der Waals surface area contributed by atoms with Crippen LogP contribution in [-0.4, -0.2) is 30.5 Å². The number of ketones is 1. The SMILES string of the molecule is CCn1cc(/C=C2\Oc3c(ccc([O-])c3C[NH+](CC(C)C)CC(C)C)C2=O)c2cc(OC)ccc21. The summed E-state index contributed by atoms with van der Waals surface area (Å²) in [7, 11) is 1.64. The van der Waals surface area contributed by atoms with Crippen LogP contribution in [0.25, 0.3) is 17.0 Å². The molecule has 0 atom stereocenters. The number of fused-ring (bicyclic) bond motifs is 2. The third-order valence-corrected chi connectivity index (χ3v) is 6.46. The van der Waals surface area contributed by atoms with E-state index >= 15 is 0 Å². The van der Waals surface area contributed by atoms with Crippen molar-refractivity contribution in [2.75, 3.05) is 20.2 Å². The summed E-state index contributed by atoms with van der Waals surface area (Å²) in [4.78, 5) is 14.6. The van der Waals surface area contributed by atoms with E-state index in [2.05, 4.69) is 39.2 Å². The normalized spacial score (nSPS) is 14.5. The molecular weight excluding hydrogens is 440 g/mol. The first-order valence-corrected chi connectivity index (χ1v) is 12.5. The van der Waals surface area contributed by atoms with Gasteiger partial charge < -0.3 is 24.0 Å². The van der Waals surface area contributed by atoms with E-state index in [1.54, 1.807) is 19.3 Å². The van der Waals surface area contributed by atoms with Gasteiger partial charge in [0.25, 0.3) is 0 Å². The van der Waals surface area contributed by atoms with Crippen LogP contribution >= 0.6 is 0 Å². The highest BCUT2D eigenvalue weighted by molar-refractivity contribution is 6.15. The monoisotopic (exact) mass is 476 g/mol. The van der Waals surface area contributed by atoms with Crippen LogP contribution in [-0.2, 0) is 13.1 Å². The number of rotatable bonds is 9. The van der Waals surface area contributed by atoms with Gasteiger partial charge >= 0.3 is 0 Å². The number of Topliss-reactive ketones (excluding diaryl/α,β-unsaturated/α-hetero) is 1. The summed E-state index contributed by atoms with van der Waals surface area (Å²) in [5.74, 6) is 2.17. The first kappa shape index (κ1) is 24.9. The standard InChI is InChI=1S/C29H36N2O4/c1-7-31-16-20(23-13-21(34-6)8-10-25(23)31)12-27-28(33)22-9-11-26(32)24(29(22)35-27)17-30(14-18(2)3)15-19(4)5/h8-13,16,18-19,32H,7,14-15,17H2,1-6H3/b27-12-. The zero-order chi connectivity index (χ0) is 25.3. The van der Waals surface area contributed by atoms with Crippen LogP contribution in [0.15, 0.2) is 42.3 Å². The maximum Gasteiger partial charge on any atom is 0.231 e. The van der Waals surface area contributed by atoms with E-state index < -0.39 is 0 Å². The van der Waals surface area contributed by atoms with Gasteiger partial charge in [-0.3, -0.25) is 4.79 Å². The lowest BCUT2D eigenvalue weighted by Gasteiger charge is -2.26. The number of nitrogens with one attached hydrogen (secondary N) is 1. The van der Waals surface area contributed by atoms with Gasteiger partial charge in [0.05, 0.1) is 25.8 Å². The maximum atomic E-state index is 13.3. The molecule has 0 spiro atoms. The molecule has 3 aromatic rings. The molecule has 1 aliphatic heterocycles. The third kappa shape index (κ3) is 5.08. The number of ether oxygens (including phenoxy) is 2. The minimum atomic E-state index is -0.184. The van der Waals surface area contributed by atoms with Crippen LogP contribution in [0.3, 0.4) is 0 Å². The number of carbonyl (C=O) groups excluding carboxylic acids is 1. The predicted octanol–water partition coefficient (Wildman–Crippen LogP) is 4.06. The van der Waals surface area contributed by atoms with E-state index in [9.17, 15) is 9.90 Å². The smallest absolute Gasteiger partial charge is 0.231 e. The number of hydrogen-bond donors (Lipinski definition) is 1. The molecule has 35 heavy (non-hydrogen) atoms. The molecule has 1 aliphatic rings. The lowest BCUT2D eigenvalue weighted by molar-refractivity contribution is -0.919. The van der Waals surface area contributed by atoms with E-state index in [0.717, 1.165) is 41.9 Å². The van der Waals surface area contributed by atoms with Crippen molar-refractivity contribution in [3.05, 3.63) is 59.0 Å². The second kappa shape index (κ2) is 10.2. The van der Waals surface area contributed by atoms with E-state index in [-0.39, 0.29) is 17.3 Å². The van der Waals surface area contributed by atoms with Crippen molar-refractivity contribution in [2.24, 2.45) is 11.8 Å². The number of carbonyl (C=O) groups is 1. The highest BCUT2D eigenvalue weighted by atomic mass is 16.5. The number of nitrogens with zero attached hydrogens (tertiary/aromatic N) is 1. The van der Waals surface area contributed by atoms with Crippen molar-refractivity contribution >= 4 is 22.8 Å². The van der Waals surface area contributed by atoms with Gasteiger partial charge in [0, 0.05) is 46.6 Å². The summed E-state index contributed by atoms with van der Waals surface area (Å²) in [6, 6.07) is 9.04. The summed E-state index contributed by atoms with van der Waals surface area (Å²) in [6.07, 6.45) is 3.81. The fourth-order valence-electron chi connectivity index (χ4n) is 5.04. The van der Waals surface area contributed by atoms with Gasteiger partial charge in [-0.15, -0.1) is 0 Å². The number of aromatic nitrogens is 1. The molecule has 0 aliphatic carbocycles. The van der Waals surface area contributed by atoms with Crippen molar-refractivity contribution in [1.29, 1.82) is 0 Å². The van der Waals surface area contributed by atoms with E-state index in [1.807, 2.05) is 24.4 Å². The Balaban J connectivity index is 1.72. The van der Waals surface area contributed by atoms with Gasteiger partial charge in [-0.05, 0) is 37.3 Å². The van der Waals surface area contributed by atoms with Crippen LogP contribution < -0.4 is 19.5 Å². The second-order valence-corrected chi connectivity index (χ2v) is 10.2. The molecule has 2 aromatic carbocycles. The summed E-state index contributed by atoms with van der Waals surface area (Å²) in [5.41, 5.74) is 3.00. The molecule has 4 rings (SSSR count). The van der Waals surface area contributed by atoms with E-state index in [4.69, 9.17) is 9.47 Å². The molecule has 0 unspecified atom stereocenters. The summed E-state index contributed by atoms with van der Waals surface area (Å²) >= 11 is 0. The molecule has 2 heterocycles. The Hall–Kier alpha value is -3.25. The van der Waals surface area contributed by atoms with Gasteiger partial charge in [-0.2, -0.15) is 0 Å². The van der Waals surface area contributed by atoms with Crippen molar-refractivity contribution in [3.63, 3.8) is 0 Å². The van der Waals surface area contributed by atoms with Gasteiger partial charge in [-0.1, -0.05) is 39.5 Å². The van der Waals surface area contributed by atoms with Crippen molar-refractivity contribution in [2.45, 2.75) is 47.7 Å². The lowest BCUT2D eigenvalue weighted by atomic mass is 10.0. The van der Waals surface area contributed by atoms with Crippen LogP contribution in [0.1, 0.15) is 56.1 Å². The molecule has 0 fully saturated rings. The van der Waals surface area contributed by atoms with Gasteiger partial charge in [0.1, 0.15) is 18.0 Å². The maximum absolute atomic E-state index is 13.3. The second-order valence-electron chi connectivity index (χ2n) is 10.2. The Kier molecular flexibility index (Phi) is 7.22. The number of aryl methyl sites for hydroxylation is 1. The quantitative estimate of drug-likeness (QED) is 0.473. The average molecular weight is 477 g/mol. The number of quaternary nitrogens is 1. The molecule has 0 amide bonds. The highest BCUT2D eigenvalue weighted by Crippen LogP contribution is 2.39. The molecule has 0 bridgehead atoms. The molecule has 0 radical (unpaired) electrons. The Morgan fingerprint density at radius 3 is 2.46 bits per heavy atom. The van der Waals surface area contributed by atoms with Gasteiger partial charge in [-0.25, -0.2) is 0 Å². The van der Waals surface area contributed by atoms with Crippen LogP contribution in [0.4, 0.5) is 0 Å². The number of allylic oxidation sites excluding steroid dienone is 1. The molecule has 6 nitrogen and oxygen atoms in total. The fourth-order valence-corrected chi connectivity index (χ4v) is 5.04. The molecular formula is C29H36N2O4. The molecule has 186 valence electrons. The zero-order valence-electron chi connectivity index (χ0n) is 21.6. The van der Waals surface area contributed by atoms with Crippen molar-refractivity contribution < 1.29 is 24.3 Å². The summed E-state index contributed by atoms with van der Waals surface area (Å²) in [5, 5.41) is 13.9. The predicted molar refractivity (Wildman–Crippen MR) is 137 cm³/mol. The average Bonchev–Trinajstić information content (AvgIpc) is 3.32. The Morgan fingerprint density at radius 2 is 1.83 bits per heavy atom. The zero-order valence-corrected chi connectivity index (χ0v) is 21.6. The largest absolute Gasteiger partial charge is 0.872 e. The van der Waals surface area contributed by atoms with Crippen LogP contribution in [0.5, 0.6) is 17.2 Å². The minimum absolute atomic E-state index is 0.0739. The summed E-state index contributed by atoms with van der Waals surface area (Å²) < 4.78 is 13.7. The highest BCUT2D eigenvalue weighted by Gasteiger charge is 2.31. The first-order chi connectivity index (χ1) is 16.7. The number of benzene rings is 2. The summed E-state index contributed by atoms with van der Waals surface area (Å²) in [6.45, 7) is 14.1. The van der Waals surface area contributed by atoms with Gasteiger partial charge in [0.15, 0.2) is 5.76 Å². The molecule has 1 N–H and O–H groups in total. The Bertz CT molecular complexity index is 1260. The first-order valence-electron chi connectivity index (χ1n) is 12.5. The molecule has 0 saturated carbocycles. The van der Waals surface area contributed by atoms with Crippen molar-refractivity contribution in [1.82, 2.24) is 4.57 Å². The lowest BCUT2D eigenvalue weighted by Crippen LogP contribution is -3.11. The molecule has 0 saturated heterocycles. The topological polar surface area (TPSA) is 68.0 Å². The Labute approximate surface area is 207 Å². The molecule has 6 heteroatoms. The fraction of sp³-hybridized carbons (Fsp3) is 0.414. The third-order valence-electron chi connectivity index (χ3n) is 6.46. The van der Waals surface area contributed by atoms with Crippen LogP contribution in [0, 0.1) is 11.8 Å². The molecule has 1 aromatic heterocycles. The van der Waals surface area contributed by atoms with Gasteiger partial charge in [0.2, 0.25) is 5.78 Å². The Morgan fingerprint density at radius 1 is 1.11 bits per heavy atom. The number of hydrogen-bond acceptors (Lipinski definition) is 4. The minimum Gasteiger partial charge on any atom is -0.872 e. The van der Waals surface area contributed by atoms with E-state index in [0.29, 0.717) is 35.3 Å². The van der Waals surface area contributed by atoms with E-state index in [1.165, 1.54) is 11.0 Å².